The molecule has 1 saturated heterocycles. The second kappa shape index (κ2) is 10.6. The van der Waals surface area contributed by atoms with Gasteiger partial charge in [0.1, 0.15) is 5.69 Å². The summed E-state index contributed by atoms with van der Waals surface area (Å²) < 4.78 is 7.00. The van der Waals surface area contributed by atoms with E-state index in [4.69, 9.17) is 9.72 Å². The number of methoxy groups -OCH3 is 1. The van der Waals surface area contributed by atoms with Crippen LogP contribution in [0.1, 0.15) is 18.9 Å². The van der Waals surface area contributed by atoms with Gasteiger partial charge in [0, 0.05) is 56.6 Å². The normalized spacial score (nSPS) is 15.0. The number of nitrogens with zero attached hydrogens (tertiary/aromatic N) is 5. The van der Waals surface area contributed by atoms with Crippen LogP contribution in [-0.2, 0) is 11.8 Å². The molecule has 0 aliphatic carbocycles. The number of rotatable bonds is 8. The van der Waals surface area contributed by atoms with E-state index < -0.39 is 0 Å². The van der Waals surface area contributed by atoms with Crippen LogP contribution in [0.2, 0.25) is 0 Å². The lowest BCUT2D eigenvalue weighted by molar-refractivity contribution is -0.121. The summed E-state index contributed by atoms with van der Waals surface area (Å²) in [5.41, 5.74) is 4.96. The number of fused-ring (bicyclic) bond motifs is 1. The van der Waals surface area contributed by atoms with Crippen molar-refractivity contribution in [1.82, 2.24) is 34.9 Å². The number of aromatic amines is 1. The van der Waals surface area contributed by atoms with E-state index in [0.29, 0.717) is 17.5 Å². The summed E-state index contributed by atoms with van der Waals surface area (Å²) >= 11 is 0. The number of piperazine rings is 1. The highest BCUT2D eigenvalue weighted by molar-refractivity contribution is 6.06. The van der Waals surface area contributed by atoms with Crippen LogP contribution in [0.5, 0.6) is 5.88 Å². The standard InChI is InChI=1S/C26H33N9O2/c1-5-21(35-11-9-27-10-12-35)24(36)30-19-8-6-7-17-18(14-28-23(17)19)22-16(2)13-29-26(32-22)31-20-15-34(3)33-25(20)37-4/h6-8,13-15,21,27-28H,5,9-12H2,1-4H3,(H,30,36)(H,29,31,32). The van der Waals surface area contributed by atoms with E-state index in [2.05, 4.69) is 42.8 Å². The number of aryl methyl sites for hydroxylation is 2. The van der Waals surface area contributed by atoms with Gasteiger partial charge in [0.2, 0.25) is 11.9 Å². The van der Waals surface area contributed by atoms with Gasteiger partial charge in [-0.2, -0.15) is 0 Å². The minimum atomic E-state index is -0.158. The molecular formula is C26H33N9O2. The number of amides is 1. The van der Waals surface area contributed by atoms with E-state index in [0.717, 1.165) is 66.0 Å². The SMILES string of the molecule is CCC(C(=O)Nc1cccc2c(-c3nc(Nc4cn(C)nc4OC)ncc3C)c[nH]c12)N1CCNCC1. The van der Waals surface area contributed by atoms with E-state index in [1.165, 1.54) is 0 Å². The average molecular weight is 504 g/mol. The molecule has 5 rings (SSSR count). The summed E-state index contributed by atoms with van der Waals surface area (Å²) in [5, 5.41) is 15.0. The minimum Gasteiger partial charge on any atom is -0.478 e. The number of nitrogens with one attached hydrogen (secondary N) is 4. The maximum absolute atomic E-state index is 13.3. The fourth-order valence-electron chi connectivity index (χ4n) is 4.87. The number of H-pyrrole nitrogens is 1. The van der Waals surface area contributed by atoms with Crippen LogP contribution in [0.4, 0.5) is 17.3 Å². The molecule has 0 bridgehead atoms. The van der Waals surface area contributed by atoms with Crippen LogP contribution in [0, 0.1) is 6.92 Å². The first-order chi connectivity index (χ1) is 18.0. The largest absolute Gasteiger partial charge is 0.478 e. The van der Waals surface area contributed by atoms with Crippen molar-refractivity contribution in [2.75, 3.05) is 43.9 Å². The van der Waals surface area contributed by atoms with Crippen molar-refractivity contribution in [2.45, 2.75) is 26.3 Å². The fourth-order valence-corrected chi connectivity index (χ4v) is 4.87. The van der Waals surface area contributed by atoms with Gasteiger partial charge >= 0.3 is 0 Å². The molecule has 1 aromatic carbocycles. The quantitative estimate of drug-likeness (QED) is 0.289. The third-order valence-corrected chi connectivity index (χ3v) is 6.72. The Bertz CT molecular complexity index is 1400. The van der Waals surface area contributed by atoms with E-state index in [9.17, 15) is 4.79 Å². The summed E-state index contributed by atoms with van der Waals surface area (Å²) in [7, 11) is 3.40. The molecule has 0 spiro atoms. The summed E-state index contributed by atoms with van der Waals surface area (Å²) in [6.45, 7) is 7.59. The molecule has 3 aromatic heterocycles. The Morgan fingerprint density at radius 1 is 1.24 bits per heavy atom. The number of benzene rings is 1. The van der Waals surface area contributed by atoms with Crippen molar-refractivity contribution in [2.24, 2.45) is 7.05 Å². The maximum atomic E-state index is 13.3. The van der Waals surface area contributed by atoms with E-state index in [-0.39, 0.29) is 11.9 Å². The molecule has 1 fully saturated rings. The summed E-state index contributed by atoms with van der Waals surface area (Å²) in [4.78, 5) is 28.1. The zero-order valence-corrected chi connectivity index (χ0v) is 21.6. The number of ether oxygens (including phenoxy) is 1. The summed E-state index contributed by atoms with van der Waals surface area (Å²) in [6, 6.07) is 5.76. The number of hydrogen-bond donors (Lipinski definition) is 4. The first-order valence-corrected chi connectivity index (χ1v) is 12.5. The predicted molar refractivity (Wildman–Crippen MR) is 144 cm³/mol. The number of para-hydroxylation sites is 1. The number of aromatic nitrogens is 5. The number of carbonyl (C=O) groups excluding carboxylic acids is 1. The topological polar surface area (TPSA) is 125 Å². The monoisotopic (exact) mass is 503 g/mol. The minimum absolute atomic E-state index is 0.0168. The molecule has 1 atom stereocenters. The second-order valence-electron chi connectivity index (χ2n) is 9.21. The smallest absolute Gasteiger partial charge is 0.256 e. The third-order valence-electron chi connectivity index (χ3n) is 6.72. The molecule has 4 aromatic rings. The summed E-state index contributed by atoms with van der Waals surface area (Å²) in [6.07, 6.45) is 6.29. The second-order valence-corrected chi connectivity index (χ2v) is 9.21. The zero-order valence-electron chi connectivity index (χ0n) is 21.6. The van der Waals surface area contributed by atoms with Crippen molar-refractivity contribution in [1.29, 1.82) is 0 Å². The van der Waals surface area contributed by atoms with Crippen LogP contribution in [-0.4, -0.2) is 74.9 Å². The third kappa shape index (κ3) is 5.00. The Morgan fingerprint density at radius 2 is 2.05 bits per heavy atom. The lowest BCUT2D eigenvalue weighted by Crippen LogP contribution is -2.52. The van der Waals surface area contributed by atoms with Gasteiger partial charge in [-0.25, -0.2) is 9.97 Å². The predicted octanol–water partition coefficient (Wildman–Crippen LogP) is 3.04. The lowest BCUT2D eigenvalue weighted by Gasteiger charge is -2.33. The van der Waals surface area contributed by atoms with Gasteiger partial charge in [-0.05, 0) is 25.0 Å². The molecule has 0 radical (unpaired) electrons. The lowest BCUT2D eigenvalue weighted by atomic mass is 10.1. The van der Waals surface area contributed by atoms with Crippen LogP contribution < -0.4 is 20.7 Å². The number of carbonyl (C=O) groups is 1. The van der Waals surface area contributed by atoms with E-state index >= 15 is 0 Å². The van der Waals surface area contributed by atoms with Crippen molar-refractivity contribution in [3.05, 3.63) is 42.4 Å². The van der Waals surface area contributed by atoms with E-state index in [1.54, 1.807) is 18.0 Å². The highest BCUT2D eigenvalue weighted by Crippen LogP contribution is 2.34. The Morgan fingerprint density at radius 3 is 2.81 bits per heavy atom. The van der Waals surface area contributed by atoms with Gasteiger partial charge in [-0.15, -0.1) is 5.10 Å². The highest BCUT2D eigenvalue weighted by Gasteiger charge is 2.26. The molecular weight excluding hydrogens is 470 g/mol. The molecule has 11 nitrogen and oxygen atoms in total. The Labute approximate surface area is 215 Å². The zero-order chi connectivity index (χ0) is 25.9. The first kappa shape index (κ1) is 24.7. The van der Waals surface area contributed by atoms with Crippen molar-refractivity contribution in [3.63, 3.8) is 0 Å². The Balaban J connectivity index is 1.43. The summed E-state index contributed by atoms with van der Waals surface area (Å²) in [5.74, 6) is 0.919. The molecule has 194 valence electrons. The van der Waals surface area contributed by atoms with Crippen LogP contribution >= 0.6 is 0 Å². The fraction of sp³-hybridized carbons (Fsp3) is 0.385. The van der Waals surface area contributed by atoms with Crippen LogP contribution in [0.15, 0.2) is 36.8 Å². The molecule has 4 heterocycles. The Kier molecular flexibility index (Phi) is 7.06. The Hall–Kier alpha value is -3.96. The van der Waals surface area contributed by atoms with Gasteiger partial charge < -0.3 is 25.7 Å². The van der Waals surface area contributed by atoms with Gasteiger partial charge in [0.25, 0.3) is 5.88 Å². The molecule has 1 unspecified atom stereocenters. The number of hydrogen-bond acceptors (Lipinski definition) is 8. The maximum Gasteiger partial charge on any atom is 0.256 e. The molecule has 4 N–H and O–H groups in total. The van der Waals surface area contributed by atoms with E-state index in [1.807, 2.05) is 44.6 Å². The highest BCUT2D eigenvalue weighted by atomic mass is 16.5. The van der Waals surface area contributed by atoms with Gasteiger partial charge in [0.05, 0.1) is 36.2 Å². The van der Waals surface area contributed by atoms with Gasteiger partial charge in [-0.1, -0.05) is 19.1 Å². The van der Waals surface area contributed by atoms with Crippen molar-refractivity contribution >= 4 is 34.1 Å². The van der Waals surface area contributed by atoms with Crippen LogP contribution in [0.3, 0.4) is 0 Å². The molecule has 1 amide bonds. The molecule has 1 aliphatic rings. The van der Waals surface area contributed by atoms with Gasteiger partial charge in [-0.3, -0.25) is 14.4 Å². The molecule has 11 heteroatoms. The average Bonchev–Trinajstić information content (AvgIpc) is 3.49. The first-order valence-electron chi connectivity index (χ1n) is 12.5. The molecule has 37 heavy (non-hydrogen) atoms. The van der Waals surface area contributed by atoms with Crippen LogP contribution in [0.25, 0.3) is 22.2 Å². The van der Waals surface area contributed by atoms with Gasteiger partial charge in [0.15, 0.2) is 0 Å². The van der Waals surface area contributed by atoms with Crippen molar-refractivity contribution < 1.29 is 9.53 Å². The molecule has 1 aliphatic heterocycles. The number of anilines is 3. The van der Waals surface area contributed by atoms with Crippen molar-refractivity contribution in [3.8, 4) is 17.1 Å². The molecule has 0 saturated carbocycles.